The van der Waals surface area contributed by atoms with E-state index >= 15 is 0 Å². The highest BCUT2D eigenvalue weighted by Gasteiger charge is 2.29. The zero-order valence-corrected chi connectivity index (χ0v) is 19.0. The van der Waals surface area contributed by atoms with E-state index in [4.69, 9.17) is 11.5 Å². The number of rotatable bonds is 14. The first-order valence-corrected chi connectivity index (χ1v) is 11.1. The third kappa shape index (κ3) is 9.67. The van der Waals surface area contributed by atoms with Crippen LogP contribution in [0.3, 0.4) is 0 Å². The summed E-state index contributed by atoms with van der Waals surface area (Å²) < 4.78 is 0. The molecule has 0 heterocycles. The van der Waals surface area contributed by atoms with Crippen molar-refractivity contribution in [2.75, 3.05) is 12.3 Å². The lowest BCUT2D eigenvalue weighted by Gasteiger charge is -2.24. The van der Waals surface area contributed by atoms with Crippen LogP contribution in [0.4, 0.5) is 0 Å². The molecular weight excluding hydrogens is 434 g/mol. The summed E-state index contributed by atoms with van der Waals surface area (Å²) in [6, 6.07) is 4.88. The van der Waals surface area contributed by atoms with Gasteiger partial charge in [-0.3, -0.25) is 14.4 Å². The molecule has 0 saturated carbocycles. The normalized spacial score (nSPS) is 14.5. The Morgan fingerprint density at radius 1 is 0.938 bits per heavy atom. The first-order chi connectivity index (χ1) is 15.2. The fraction of sp³-hybridized carbons (Fsp3) is 0.524. The van der Waals surface area contributed by atoms with Crippen molar-refractivity contribution in [3.05, 3.63) is 35.9 Å². The molecule has 0 aliphatic heterocycles. The average Bonchev–Trinajstić information content (AvgIpc) is 2.76. The molecule has 1 aromatic rings. The van der Waals surface area contributed by atoms with Crippen LogP contribution in [0.1, 0.15) is 31.7 Å². The number of carboxylic acids is 1. The summed E-state index contributed by atoms with van der Waals surface area (Å²) in [6.07, 6.45) is 1.65. The zero-order valence-electron chi connectivity index (χ0n) is 18.1. The van der Waals surface area contributed by atoms with Gasteiger partial charge < -0.3 is 32.5 Å². The summed E-state index contributed by atoms with van der Waals surface area (Å²) in [5.41, 5.74) is 11.8. The quantitative estimate of drug-likeness (QED) is 0.138. The topological polar surface area (TPSA) is 177 Å². The van der Waals surface area contributed by atoms with Crippen LogP contribution in [-0.2, 0) is 25.6 Å². The Hall–Kier alpha value is -2.63. The van der Waals surface area contributed by atoms with Crippen LogP contribution in [0, 0.1) is 0 Å². The lowest BCUT2D eigenvalue weighted by molar-refractivity contribution is -0.142. The number of carboxylic acid groups (broad SMARTS) is 1. The molecule has 8 N–H and O–H groups in total. The Labute approximate surface area is 193 Å². The van der Waals surface area contributed by atoms with Crippen LogP contribution >= 0.6 is 12.6 Å². The van der Waals surface area contributed by atoms with Crippen molar-refractivity contribution >= 4 is 36.3 Å². The van der Waals surface area contributed by atoms with Crippen LogP contribution < -0.4 is 27.4 Å². The summed E-state index contributed by atoms with van der Waals surface area (Å²) in [7, 11) is 0. The minimum Gasteiger partial charge on any atom is -0.480 e. The molecular formula is C21H33N5O5S. The number of hydrogen-bond donors (Lipinski definition) is 7. The third-order valence-corrected chi connectivity index (χ3v) is 5.07. The molecule has 0 bridgehead atoms. The second-order valence-electron chi connectivity index (χ2n) is 7.47. The van der Waals surface area contributed by atoms with Gasteiger partial charge in [0.2, 0.25) is 17.7 Å². The lowest BCUT2D eigenvalue weighted by atomic mass is 10.1. The van der Waals surface area contributed by atoms with E-state index in [2.05, 4.69) is 28.6 Å². The number of amides is 3. The summed E-state index contributed by atoms with van der Waals surface area (Å²) in [5, 5.41) is 17.0. The highest BCUT2D eigenvalue weighted by molar-refractivity contribution is 7.80. The number of nitrogens with one attached hydrogen (secondary N) is 3. The monoisotopic (exact) mass is 467 g/mol. The maximum Gasteiger partial charge on any atom is 0.326 e. The van der Waals surface area contributed by atoms with Gasteiger partial charge in [0.15, 0.2) is 0 Å². The number of hydrogen-bond acceptors (Lipinski definition) is 7. The van der Waals surface area contributed by atoms with Crippen LogP contribution in [0.25, 0.3) is 0 Å². The number of carbonyl (C=O) groups is 4. The zero-order chi connectivity index (χ0) is 24.1. The maximum absolute atomic E-state index is 12.8. The molecule has 32 heavy (non-hydrogen) atoms. The van der Waals surface area contributed by atoms with E-state index in [1.165, 1.54) is 6.92 Å². The number of nitrogens with two attached hydrogens (primary N) is 2. The summed E-state index contributed by atoms with van der Waals surface area (Å²) in [5.74, 6) is -3.03. The van der Waals surface area contributed by atoms with Crippen molar-refractivity contribution in [2.24, 2.45) is 11.5 Å². The SMILES string of the molecule is CC(N)C(=O)NC(CCCCN)C(=O)NC(CS)C(=O)NC(Cc1ccccc1)C(=O)O. The lowest BCUT2D eigenvalue weighted by Crippen LogP contribution is -2.57. The van der Waals surface area contributed by atoms with Gasteiger partial charge in [0.1, 0.15) is 18.1 Å². The van der Waals surface area contributed by atoms with E-state index in [0.29, 0.717) is 25.8 Å². The summed E-state index contributed by atoms with van der Waals surface area (Å²) >= 11 is 4.11. The molecule has 11 heteroatoms. The highest BCUT2D eigenvalue weighted by Crippen LogP contribution is 2.06. The van der Waals surface area contributed by atoms with Gasteiger partial charge in [-0.1, -0.05) is 30.3 Å². The Kier molecular flexibility index (Phi) is 12.4. The van der Waals surface area contributed by atoms with Gasteiger partial charge in [0.05, 0.1) is 6.04 Å². The Balaban J connectivity index is 2.82. The van der Waals surface area contributed by atoms with E-state index in [9.17, 15) is 24.3 Å². The van der Waals surface area contributed by atoms with Gasteiger partial charge in [0, 0.05) is 12.2 Å². The Morgan fingerprint density at radius 3 is 2.03 bits per heavy atom. The standard InChI is InChI=1S/C21H33N5O5S/c1-13(23)18(27)24-15(9-5-6-10-22)19(28)26-17(12-32)20(29)25-16(21(30)31)11-14-7-3-2-4-8-14/h2-4,7-8,13,15-17,32H,5-6,9-12,22-23H2,1H3,(H,24,27)(H,25,29)(H,26,28)(H,30,31). The molecule has 1 aromatic carbocycles. The van der Waals surface area contributed by atoms with Gasteiger partial charge in [-0.2, -0.15) is 12.6 Å². The highest BCUT2D eigenvalue weighted by atomic mass is 32.1. The van der Waals surface area contributed by atoms with Crippen molar-refractivity contribution in [3.8, 4) is 0 Å². The van der Waals surface area contributed by atoms with Crippen LogP contribution in [0.2, 0.25) is 0 Å². The van der Waals surface area contributed by atoms with E-state index < -0.39 is 47.9 Å². The molecule has 0 radical (unpaired) electrons. The van der Waals surface area contributed by atoms with Gasteiger partial charge in [-0.15, -0.1) is 0 Å². The Morgan fingerprint density at radius 2 is 1.50 bits per heavy atom. The average molecular weight is 468 g/mol. The molecule has 0 spiro atoms. The Bertz CT molecular complexity index is 762. The number of benzene rings is 1. The molecule has 3 amide bonds. The van der Waals surface area contributed by atoms with Crippen LogP contribution in [-0.4, -0.2) is 65.3 Å². The maximum atomic E-state index is 12.8. The van der Waals surface area contributed by atoms with Crippen LogP contribution in [0.15, 0.2) is 30.3 Å². The van der Waals surface area contributed by atoms with Gasteiger partial charge in [-0.25, -0.2) is 4.79 Å². The second-order valence-corrected chi connectivity index (χ2v) is 7.83. The van der Waals surface area contributed by atoms with E-state index in [1.54, 1.807) is 30.3 Å². The molecule has 178 valence electrons. The molecule has 0 saturated heterocycles. The van der Waals surface area contributed by atoms with Crippen molar-refractivity contribution in [3.63, 3.8) is 0 Å². The molecule has 0 fully saturated rings. The molecule has 1 rings (SSSR count). The molecule has 0 aromatic heterocycles. The smallest absolute Gasteiger partial charge is 0.326 e. The second kappa shape index (κ2) is 14.4. The molecule has 10 nitrogen and oxygen atoms in total. The van der Waals surface area contributed by atoms with Gasteiger partial charge >= 0.3 is 5.97 Å². The summed E-state index contributed by atoms with van der Waals surface area (Å²) in [4.78, 5) is 49.0. The minimum absolute atomic E-state index is 0.0635. The molecule has 4 atom stereocenters. The van der Waals surface area contributed by atoms with E-state index in [0.717, 1.165) is 5.56 Å². The predicted octanol–water partition coefficient (Wildman–Crippen LogP) is -0.826. The number of unbranched alkanes of at least 4 members (excludes halogenated alkanes) is 1. The van der Waals surface area contributed by atoms with Crippen LogP contribution in [0.5, 0.6) is 0 Å². The molecule has 4 unspecified atom stereocenters. The minimum atomic E-state index is -1.20. The number of carbonyl (C=O) groups excluding carboxylic acids is 3. The molecule has 0 aliphatic carbocycles. The van der Waals surface area contributed by atoms with Gasteiger partial charge in [-0.05, 0) is 38.3 Å². The fourth-order valence-electron chi connectivity index (χ4n) is 2.85. The largest absolute Gasteiger partial charge is 0.480 e. The van der Waals surface area contributed by atoms with Crippen molar-refractivity contribution in [1.29, 1.82) is 0 Å². The summed E-state index contributed by atoms with van der Waals surface area (Å²) in [6.45, 7) is 1.93. The first kappa shape index (κ1) is 27.4. The van der Waals surface area contributed by atoms with E-state index in [1.807, 2.05) is 0 Å². The van der Waals surface area contributed by atoms with Crippen molar-refractivity contribution in [1.82, 2.24) is 16.0 Å². The van der Waals surface area contributed by atoms with Gasteiger partial charge in [0.25, 0.3) is 0 Å². The predicted molar refractivity (Wildman–Crippen MR) is 124 cm³/mol. The molecule has 0 aliphatic rings. The van der Waals surface area contributed by atoms with Crippen molar-refractivity contribution < 1.29 is 24.3 Å². The fourth-order valence-corrected chi connectivity index (χ4v) is 3.11. The first-order valence-electron chi connectivity index (χ1n) is 10.4. The number of thiol groups is 1. The van der Waals surface area contributed by atoms with Crippen molar-refractivity contribution in [2.45, 2.75) is 56.8 Å². The number of aliphatic carboxylic acids is 1. The third-order valence-electron chi connectivity index (χ3n) is 4.71. The van der Waals surface area contributed by atoms with E-state index in [-0.39, 0.29) is 12.2 Å².